The van der Waals surface area contributed by atoms with Crippen LogP contribution in [0.3, 0.4) is 0 Å². The summed E-state index contributed by atoms with van der Waals surface area (Å²) in [4.78, 5) is 0. The molecule has 4 N–H and O–H groups in total. The third-order valence-corrected chi connectivity index (χ3v) is 18.6. The lowest BCUT2D eigenvalue weighted by atomic mass is 9.82. The largest absolute Gasteiger partial charge is 0.380 e. The van der Waals surface area contributed by atoms with Crippen molar-refractivity contribution in [3.05, 3.63) is 0 Å². The molecule has 5 heterocycles. The Morgan fingerprint density at radius 2 is 0.568 bits per heavy atom. The van der Waals surface area contributed by atoms with E-state index in [9.17, 15) is 0 Å². The summed E-state index contributed by atoms with van der Waals surface area (Å²) in [5.74, 6) is 13.2. The summed E-state index contributed by atoms with van der Waals surface area (Å²) in [6.07, 6.45) is 32.1. The van der Waals surface area contributed by atoms with Gasteiger partial charge >= 0.3 is 0 Å². The average molecular weight is 1050 g/mol. The molecule has 0 aromatic heterocycles. The van der Waals surface area contributed by atoms with Crippen LogP contribution in [-0.4, -0.2) is 91.5 Å². The molecular formula is C67H138N4O3. The van der Waals surface area contributed by atoms with E-state index < -0.39 is 0 Å². The summed E-state index contributed by atoms with van der Waals surface area (Å²) in [7, 11) is 0. The van der Waals surface area contributed by atoms with E-state index in [2.05, 4.69) is 132 Å². The zero-order valence-electron chi connectivity index (χ0n) is 53.2. The maximum atomic E-state index is 5.41. The van der Waals surface area contributed by atoms with Gasteiger partial charge in [0.25, 0.3) is 0 Å². The van der Waals surface area contributed by atoms with E-state index in [0.29, 0.717) is 17.8 Å². The standard InChI is InChI=1S/C9H19N.2C9H18.C8H17NO.2C8H17N.C8H16O2.C8H16/c1-8(2)9-5-3-4-6-10-7-9;2*1-8(2)9-6-4-3-5-7-9;1-7(2)8-5-9-3-4-10-6-8;1-7(2)8-4-3-5-9-6-8;1-7(2)8-5-3-4-6-9-8;1-7(2)8-5-9-3-4-10-6-8;1-7(2)8-5-3-4-6-8/h8-10H,3-7H2,1-2H3;2*8-9H,3-7H2,1-2H3;7-9H,3-6H2,1-2H3;2*7-9H,3-6H2,1-2H3;7-8H,3-6H2,1-2H3;7-8H,3-6H2,1-2H3. The Balaban J connectivity index is 0.000000423. The molecular weight excluding hydrogens is 909 g/mol. The van der Waals surface area contributed by atoms with Crippen LogP contribution in [0.4, 0.5) is 0 Å². The van der Waals surface area contributed by atoms with Crippen LogP contribution >= 0.6 is 0 Å². The highest BCUT2D eigenvalue weighted by atomic mass is 16.5. The molecule has 3 saturated carbocycles. The van der Waals surface area contributed by atoms with Crippen molar-refractivity contribution in [2.24, 2.45) is 88.8 Å². The Bertz CT molecular complexity index is 994. The summed E-state index contributed by atoms with van der Waals surface area (Å²) in [6.45, 7) is 50.4. The molecule has 0 spiro atoms. The fourth-order valence-corrected chi connectivity index (χ4v) is 11.9. The van der Waals surface area contributed by atoms with Crippen molar-refractivity contribution in [3.63, 3.8) is 0 Å². The van der Waals surface area contributed by atoms with Crippen molar-refractivity contribution in [1.82, 2.24) is 21.3 Å². The first-order chi connectivity index (χ1) is 35.4. The van der Waals surface area contributed by atoms with E-state index in [1.165, 1.54) is 174 Å². The number of hydrogen-bond acceptors (Lipinski definition) is 7. The maximum Gasteiger partial charge on any atom is 0.0700 e. The van der Waals surface area contributed by atoms with E-state index in [4.69, 9.17) is 14.2 Å². The van der Waals surface area contributed by atoms with Crippen LogP contribution in [0.2, 0.25) is 0 Å². The highest BCUT2D eigenvalue weighted by Gasteiger charge is 2.21. The van der Waals surface area contributed by atoms with Gasteiger partial charge in [0, 0.05) is 25.0 Å². The number of piperidine rings is 2. The Hall–Kier alpha value is -0.280. The van der Waals surface area contributed by atoms with E-state index in [1.807, 2.05) is 0 Å². The summed E-state index contributed by atoms with van der Waals surface area (Å²) in [5.41, 5.74) is 0. The van der Waals surface area contributed by atoms with Crippen LogP contribution in [0.5, 0.6) is 0 Å². The van der Waals surface area contributed by atoms with Crippen LogP contribution in [-0.2, 0) is 14.2 Å². The van der Waals surface area contributed by atoms with Crippen LogP contribution < -0.4 is 21.3 Å². The summed E-state index contributed by atoms with van der Waals surface area (Å²) < 4.78 is 16.1. The monoisotopic (exact) mass is 1050 g/mol. The second-order valence-corrected chi connectivity index (χ2v) is 27.4. The number of nitrogens with one attached hydrogen (secondary N) is 4. The van der Waals surface area contributed by atoms with Crippen molar-refractivity contribution in [2.45, 2.75) is 258 Å². The van der Waals surface area contributed by atoms with Crippen molar-refractivity contribution in [1.29, 1.82) is 0 Å². The van der Waals surface area contributed by atoms with E-state index in [0.717, 1.165) is 130 Å². The zero-order chi connectivity index (χ0) is 54.9. The molecule has 8 fully saturated rings. The summed E-state index contributed by atoms with van der Waals surface area (Å²) in [6, 6.07) is 0.804. The SMILES string of the molecule is CC(C)C1CCCC1.CC(C)C1CCCCC1.CC(C)C1CCCCC1.CC(C)C1CCCCN1.CC(C)C1CCCCNC1.CC(C)C1CCCNC1.CC(C)C1CNCCOC1.CC(C)C1COCCOC1. The quantitative estimate of drug-likeness (QED) is 0.193. The Morgan fingerprint density at radius 3 is 0.932 bits per heavy atom. The smallest absolute Gasteiger partial charge is 0.0700 e. The molecule has 0 aromatic rings. The molecule has 0 bridgehead atoms. The molecule has 3 aliphatic carbocycles. The third kappa shape index (κ3) is 37.6. The van der Waals surface area contributed by atoms with Gasteiger partial charge in [0.05, 0.1) is 39.6 Å². The first-order valence-electron chi connectivity index (χ1n) is 33.0. The zero-order valence-corrected chi connectivity index (χ0v) is 53.2. The van der Waals surface area contributed by atoms with Crippen molar-refractivity contribution in [2.75, 3.05) is 85.5 Å². The van der Waals surface area contributed by atoms with E-state index in [1.54, 1.807) is 0 Å². The highest BCUT2D eigenvalue weighted by Crippen LogP contribution is 2.31. The second kappa shape index (κ2) is 46.5. The van der Waals surface area contributed by atoms with Gasteiger partial charge in [0.1, 0.15) is 0 Å². The molecule has 7 nitrogen and oxygen atoms in total. The third-order valence-electron chi connectivity index (χ3n) is 18.6. The average Bonchev–Trinajstić information content (AvgIpc) is 3.59. The Morgan fingerprint density at radius 1 is 0.257 bits per heavy atom. The summed E-state index contributed by atoms with van der Waals surface area (Å²) >= 11 is 0. The molecule has 4 unspecified atom stereocenters. The van der Waals surface area contributed by atoms with E-state index in [-0.39, 0.29) is 0 Å². The van der Waals surface area contributed by atoms with Gasteiger partial charge in [-0.05, 0) is 154 Å². The molecule has 74 heavy (non-hydrogen) atoms. The molecule has 5 aliphatic heterocycles. The lowest BCUT2D eigenvalue weighted by Gasteiger charge is -2.26. The van der Waals surface area contributed by atoms with Gasteiger partial charge in [-0.15, -0.1) is 0 Å². The van der Waals surface area contributed by atoms with Gasteiger partial charge in [0.2, 0.25) is 0 Å². The molecule has 8 rings (SSSR count). The van der Waals surface area contributed by atoms with Crippen LogP contribution in [0.25, 0.3) is 0 Å². The molecule has 0 amide bonds. The minimum Gasteiger partial charge on any atom is -0.380 e. The fourth-order valence-electron chi connectivity index (χ4n) is 11.9. The Kier molecular flexibility index (Phi) is 45.0. The van der Waals surface area contributed by atoms with Crippen molar-refractivity contribution >= 4 is 0 Å². The van der Waals surface area contributed by atoms with Crippen molar-refractivity contribution < 1.29 is 14.2 Å². The first-order valence-corrected chi connectivity index (χ1v) is 33.0. The molecule has 0 aromatic carbocycles. The molecule has 0 radical (unpaired) electrons. The molecule has 8 aliphatic rings. The fraction of sp³-hybridized carbons (Fsp3) is 1.00. The van der Waals surface area contributed by atoms with Gasteiger partial charge in [-0.2, -0.15) is 0 Å². The highest BCUT2D eigenvalue weighted by molar-refractivity contribution is 4.76. The predicted octanol–water partition coefficient (Wildman–Crippen LogP) is 16.9. The van der Waals surface area contributed by atoms with Crippen LogP contribution in [0.1, 0.15) is 252 Å². The van der Waals surface area contributed by atoms with Gasteiger partial charge in [-0.25, -0.2) is 0 Å². The Labute approximate surface area is 465 Å². The maximum absolute atomic E-state index is 5.41. The predicted molar refractivity (Wildman–Crippen MR) is 328 cm³/mol. The lowest BCUT2D eigenvalue weighted by Crippen LogP contribution is -2.37. The van der Waals surface area contributed by atoms with Gasteiger partial charge in [0.15, 0.2) is 0 Å². The van der Waals surface area contributed by atoms with Gasteiger partial charge in [-0.1, -0.05) is 214 Å². The second-order valence-electron chi connectivity index (χ2n) is 27.4. The minimum absolute atomic E-state index is 0.600. The molecule has 444 valence electrons. The van der Waals surface area contributed by atoms with Crippen molar-refractivity contribution in [3.8, 4) is 0 Å². The lowest BCUT2D eigenvalue weighted by molar-refractivity contribution is 0.103. The summed E-state index contributed by atoms with van der Waals surface area (Å²) in [5, 5.41) is 13.8. The van der Waals surface area contributed by atoms with Crippen LogP contribution in [0.15, 0.2) is 0 Å². The van der Waals surface area contributed by atoms with E-state index >= 15 is 0 Å². The van der Waals surface area contributed by atoms with Gasteiger partial charge < -0.3 is 35.5 Å². The molecule has 5 saturated heterocycles. The van der Waals surface area contributed by atoms with Gasteiger partial charge in [-0.3, -0.25) is 0 Å². The topological polar surface area (TPSA) is 75.8 Å². The number of rotatable bonds is 8. The minimum atomic E-state index is 0.600. The first kappa shape index (κ1) is 71.7. The van der Waals surface area contributed by atoms with Crippen LogP contribution in [0, 0.1) is 88.8 Å². The normalized spacial score (nSPS) is 25.9. The molecule has 7 heteroatoms. The number of hydrogen-bond donors (Lipinski definition) is 4. The molecule has 4 atom stereocenters. The number of ether oxygens (including phenoxy) is 3.